The summed E-state index contributed by atoms with van der Waals surface area (Å²) in [7, 11) is 0. The maximum absolute atomic E-state index is 11.8. The van der Waals surface area contributed by atoms with Crippen LogP contribution in [0.1, 0.15) is 41.4 Å². The maximum Gasteiger partial charge on any atom is 0.346 e. The van der Waals surface area contributed by atoms with Crippen LogP contribution in [0.25, 0.3) is 0 Å². The van der Waals surface area contributed by atoms with Crippen molar-refractivity contribution in [3.63, 3.8) is 0 Å². The van der Waals surface area contributed by atoms with Gasteiger partial charge in [0.25, 0.3) is 0 Å². The van der Waals surface area contributed by atoms with Crippen molar-refractivity contribution in [1.82, 2.24) is 0 Å². The zero-order valence-electron chi connectivity index (χ0n) is 15.0. The second kappa shape index (κ2) is 7.16. The monoisotopic (exact) mass is 434 g/mol. The van der Waals surface area contributed by atoms with E-state index in [1.54, 1.807) is 36.4 Å². The van der Waals surface area contributed by atoms with Crippen LogP contribution in [-0.2, 0) is 9.47 Å². The molecule has 0 atom stereocenters. The number of benzene rings is 3. The van der Waals surface area contributed by atoms with Gasteiger partial charge < -0.3 is 9.47 Å². The molecule has 0 spiro atoms. The Morgan fingerprint density at radius 1 is 0.467 bits per heavy atom. The van der Waals surface area contributed by atoms with Gasteiger partial charge in [-0.15, -0.1) is 0 Å². The molecule has 0 radical (unpaired) electrons. The molecule has 6 nitrogen and oxygen atoms in total. The Morgan fingerprint density at radius 2 is 0.867 bits per heavy atom. The fraction of sp³-hybridized carbons (Fsp3) is 0. The van der Waals surface area contributed by atoms with Crippen LogP contribution in [-0.4, -0.2) is 23.9 Å². The Morgan fingerprint density at radius 3 is 1.33 bits per heavy atom. The van der Waals surface area contributed by atoms with Gasteiger partial charge in [-0.25, -0.2) is 19.2 Å². The quantitative estimate of drug-likeness (QED) is 0.435. The third-order valence-corrected chi connectivity index (χ3v) is 6.47. The molecule has 2 heterocycles. The van der Waals surface area contributed by atoms with E-state index < -0.39 is 23.9 Å². The molecule has 0 bridgehead atoms. The summed E-state index contributed by atoms with van der Waals surface area (Å²) >= 11 is 2.90. The molecule has 0 saturated heterocycles. The van der Waals surface area contributed by atoms with Crippen LogP contribution >= 0.6 is 23.5 Å². The highest BCUT2D eigenvalue weighted by molar-refractivity contribution is 8.00. The predicted molar refractivity (Wildman–Crippen MR) is 107 cm³/mol. The molecule has 146 valence electrons. The van der Waals surface area contributed by atoms with Gasteiger partial charge in [-0.3, -0.25) is 0 Å². The van der Waals surface area contributed by atoms with Gasteiger partial charge in [-0.1, -0.05) is 29.6 Å². The Balaban J connectivity index is 1.37. The molecule has 0 N–H and O–H groups in total. The van der Waals surface area contributed by atoms with Crippen LogP contribution in [0.5, 0.6) is 0 Å². The lowest BCUT2D eigenvalue weighted by Crippen LogP contribution is -1.96. The summed E-state index contributed by atoms with van der Waals surface area (Å²) in [5.41, 5.74) is 1.11. The number of carbonyl (C=O) groups excluding carboxylic acids is 4. The van der Waals surface area contributed by atoms with E-state index in [4.69, 9.17) is 0 Å². The lowest BCUT2D eigenvalue weighted by molar-refractivity contribution is 0.0425. The van der Waals surface area contributed by atoms with Gasteiger partial charge in [0.15, 0.2) is 0 Å². The third-order valence-electron chi connectivity index (χ3n) is 4.51. The topological polar surface area (TPSA) is 86.7 Å². The molecule has 0 aromatic heterocycles. The van der Waals surface area contributed by atoms with Gasteiger partial charge >= 0.3 is 23.9 Å². The van der Waals surface area contributed by atoms with E-state index in [9.17, 15) is 19.2 Å². The number of fused-ring (bicyclic) bond motifs is 2. The van der Waals surface area contributed by atoms with Gasteiger partial charge in [0.2, 0.25) is 0 Å². The molecule has 30 heavy (non-hydrogen) atoms. The van der Waals surface area contributed by atoms with Gasteiger partial charge in [-0.05, 0) is 54.6 Å². The maximum atomic E-state index is 11.8. The van der Waals surface area contributed by atoms with Crippen LogP contribution in [0.4, 0.5) is 0 Å². The van der Waals surface area contributed by atoms with Crippen molar-refractivity contribution >= 4 is 47.4 Å². The minimum absolute atomic E-state index is 0.273. The highest BCUT2D eigenvalue weighted by atomic mass is 32.2. The number of cyclic esters (lactones) is 4. The average Bonchev–Trinajstić information content (AvgIpc) is 3.17. The first-order chi connectivity index (χ1) is 14.5. The number of carbonyl (C=O) groups is 4. The number of esters is 4. The van der Waals surface area contributed by atoms with E-state index >= 15 is 0 Å². The summed E-state index contributed by atoms with van der Waals surface area (Å²) in [4.78, 5) is 50.1. The summed E-state index contributed by atoms with van der Waals surface area (Å²) in [6, 6.07) is 17.8. The second-order valence-electron chi connectivity index (χ2n) is 6.45. The van der Waals surface area contributed by atoms with Crippen molar-refractivity contribution in [1.29, 1.82) is 0 Å². The van der Waals surface area contributed by atoms with E-state index in [2.05, 4.69) is 9.47 Å². The highest BCUT2D eigenvalue weighted by Gasteiger charge is 2.30. The molecule has 5 rings (SSSR count). The van der Waals surface area contributed by atoms with Crippen LogP contribution in [0.3, 0.4) is 0 Å². The lowest BCUT2D eigenvalue weighted by atomic mass is 10.1. The smallest absolute Gasteiger partial charge is 0.346 e. The van der Waals surface area contributed by atoms with E-state index in [0.717, 1.165) is 19.6 Å². The van der Waals surface area contributed by atoms with Crippen molar-refractivity contribution in [3.05, 3.63) is 82.9 Å². The minimum atomic E-state index is -0.629. The van der Waals surface area contributed by atoms with Crippen LogP contribution < -0.4 is 0 Å². The van der Waals surface area contributed by atoms with Gasteiger partial charge in [0, 0.05) is 19.6 Å². The second-order valence-corrected chi connectivity index (χ2v) is 8.74. The number of rotatable bonds is 4. The molecule has 2 aliphatic heterocycles. The van der Waals surface area contributed by atoms with E-state index in [1.807, 2.05) is 24.3 Å². The fourth-order valence-electron chi connectivity index (χ4n) is 3.13. The molecule has 0 fully saturated rings. The molecule has 0 unspecified atom stereocenters. The first-order valence-electron chi connectivity index (χ1n) is 8.75. The Kier molecular flexibility index (Phi) is 4.45. The molecule has 0 aliphatic carbocycles. The molecular formula is C22H10O6S2. The number of ether oxygens (including phenoxy) is 2. The summed E-state index contributed by atoms with van der Waals surface area (Å²) in [5.74, 6) is -2.50. The highest BCUT2D eigenvalue weighted by Crippen LogP contribution is 2.36. The van der Waals surface area contributed by atoms with Crippen molar-refractivity contribution in [2.45, 2.75) is 19.6 Å². The summed E-state index contributed by atoms with van der Waals surface area (Å²) < 4.78 is 9.25. The Labute approximate surface area is 178 Å². The van der Waals surface area contributed by atoms with Crippen LogP contribution in [0.15, 0.2) is 80.2 Å². The van der Waals surface area contributed by atoms with Gasteiger partial charge in [0.1, 0.15) is 0 Å². The van der Waals surface area contributed by atoms with E-state index in [-0.39, 0.29) is 22.3 Å². The molecule has 8 heteroatoms. The van der Waals surface area contributed by atoms with Crippen LogP contribution in [0.2, 0.25) is 0 Å². The third kappa shape index (κ3) is 3.30. The van der Waals surface area contributed by atoms with Crippen molar-refractivity contribution in [2.75, 3.05) is 0 Å². The van der Waals surface area contributed by atoms with Crippen LogP contribution in [0, 0.1) is 0 Å². The standard InChI is InChI=1S/C22H10O6S2/c23-19-15-6-4-13(9-17(15)21(25)27-19)29-11-2-1-3-12(8-11)30-14-5-7-16-18(10-14)22(26)28-20(16)24/h1-10H. The van der Waals surface area contributed by atoms with Gasteiger partial charge in [0.05, 0.1) is 22.3 Å². The first-order valence-corrected chi connectivity index (χ1v) is 10.4. The molecule has 2 aliphatic rings. The lowest BCUT2D eigenvalue weighted by Gasteiger charge is -2.06. The first kappa shape index (κ1) is 18.7. The Hall–Kier alpha value is -3.36. The zero-order chi connectivity index (χ0) is 20.8. The van der Waals surface area contributed by atoms with Crippen molar-refractivity contribution in [2.24, 2.45) is 0 Å². The molecule has 0 amide bonds. The van der Waals surface area contributed by atoms with Gasteiger partial charge in [-0.2, -0.15) is 0 Å². The zero-order valence-corrected chi connectivity index (χ0v) is 16.7. The largest absolute Gasteiger partial charge is 0.386 e. The molecule has 3 aromatic rings. The fourth-order valence-corrected chi connectivity index (χ4v) is 5.04. The minimum Gasteiger partial charge on any atom is -0.386 e. The molecule has 3 aromatic carbocycles. The van der Waals surface area contributed by atoms with E-state index in [0.29, 0.717) is 0 Å². The summed E-state index contributed by atoms with van der Waals surface area (Å²) in [6.45, 7) is 0. The van der Waals surface area contributed by atoms with Crippen molar-refractivity contribution in [3.8, 4) is 0 Å². The molecule has 0 saturated carbocycles. The number of hydrogen-bond donors (Lipinski definition) is 0. The number of hydrogen-bond acceptors (Lipinski definition) is 8. The SMILES string of the molecule is O=C1OC(=O)c2cc(Sc3cccc(Sc4ccc5c(c4)C(=O)OC5=O)c3)ccc21. The average molecular weight is 434 g/mol. The Bertz CT molecular complexity index is 1190. The summed E-state index contributed by atoms with van der Waals surface area (Å²) in [6.07, 6.45) is 0. The predicted octanol–water partition coefficient (Wildman–Crippen LogP) is 4.61. The van der Waals surface area contributed by atoms with E-state index in [1.165, 1.54) is 23.5 Å². The summed E-state index contributed by atoms with van der Waals surface area (Å²) in [5, 5.41) is 0. The molecular weight excluding hydrogens is 424 g/mol. The normalized spacial score (nSPS) is 14.4. The van der Waals surface area contributed by atoms with Crippen molar-refractivity contribution < 1.29 is 28.7 Å².